The lowest BCUT2D eigenvalue weighted by Gasteiger charge is -2.30. The Morgan fingerprint density at radius 2 is 2.05 bits per heavy atom. The third-order valence-electron chi connectivity index (χ3n) is 3.30. The Balaban J connectivity index is 1.98. The highest BCUT2D eigenvalue weighted by atomic mass is 79.9. The van der Waals surface area contributed by atoms with Crippen molar-refractivity contribution in [1.29, 1.82) is 0 Å². The molecule has 1 N–H and O–H groups in total. The van der Waals surface area contributed by atoms with Gasteiger partial charge >= 0.3 is 0 Å². The van der Waals surface area contributed by atoms with Crippen molar-refractivity contribution in [3.05, 3.63) is 62.8 Å². The summed E-state index contributed by atoms with van der Waals surface area (Å²) in [5.41, 5.74) is 1.37. The Bertz CT molecular complexity index is 642. The Kier molecular flexibility index (Phi) is 3.71. The summed E-state index contributed by atoms with van der Waals surface area (Å²) in [6.07, 6.45) is -0.687. The highest BCUT2D eigenvalue weighted by Crippen LogP contribution is 2.42. The van der Waals surface area contributed by atoms with E-state index in [4.69, 9.17) is 16.3 Å². The van der Waals surface area contributed by atoms with Crippen LogP contribution in [-0.2, 0) is 0 Å². The van der Waals surface area contributed by atoms with E-state index in [1.54, 1.807) is 12.1 Å². The van der Waals surface area contributed by atoms with Crippen LogP contribution in [0.4, 0.5) is 4.39 Å². The Morgan fingerprint density at radius 1 is 1.25 bits per heavy atom. The van der Waals surface area contributed by atoms with Gasteiger partial charge in [0.1, 0.15) is 17.7 Å². The smallest absolute Gasteiger partial charge is 0.127 e. The van der Waals surface area contributed by atoms with Crippen LogP contribution < -0.4 is 4.74 Å². The van der Waals surface area contributed by atoms with Crippen LogP contribution in [0.3, 0.4) is 0 Å². The molecule has 0 spiro atoms. The van der Waals surface area contributed by atoms with E-state index in [-0.39, 0.29) is 0 Å². The van der Waals surface area contributed by atoms with Gasteiger partial charge in [0, 0.05) is 21.5 Å². The number of halogens is 3. The van der Waals surface area contributed by atoms with Gasteiger partial charge in [-0.3, -0.25) is 0 Å². The predicted molar refractivity (Wildman–Crippen MR) is 78.5 cm³/mol. The van der Waals surface area contributed by atoms with E-state index in [9.17, 15) is 9.50 Å². The van der Waals surface area contributed by atoms with Crippen molar-refractivity contribution < 1.29 is 14.2 Å². The van der Waals surface area contributed by atoms with Crippen LogP contribution in [0.5, 0.6) is 5.75 Å². The molecule has 1 aliphatic heterocycles. The lowest BCUT2D eigenvalue weighted by atomic mass is 9.95. The van der Waals surface area contributed by atoms with Gasteiger partial charge in [-0.25, -0.2) is 4.39 Å². The summed E-state index contributed by atoms with van der Waals surface area (Å²) in [4.78, 5) is 0. The minimum Gasteiger partial charge on any atom is -0.485 e. The van der Waals surface area contributed by atoms with Gasteiger partial charge in [0.2, 0.25) is 0 Å². The summed E-state index contributed by atoms with van der Waals surface area (Å²) < 4.78 is 20.2. The predicted octanol–water partition coefficient (Wildman–Crippen LogP) is 4.80. The maximum Gasteiger partial charge on any atom is 0.127 e. The molecule has 0 saturated heterocycles. The summed E-state index contributed by atoms with van der Waals surface area (Å²) in [5, 5.41) is 10.5. The Hall–Kier alpha value is -1.10. The topological polar surface area (TPSA) is 29.5 Å². The average Bonchev–Trinajstić information content (AvgIpc) is 2.36. The highest BCUT2D eigenvalue weighted by molar-refractivity contribution is 9.10. The summed E-state index contributed by atoms with van der Waals surface area (Å²) in [5.74, 6) is 0.189. The highest BCUT2D eigenvalue weighted by Gasteiger charge is 2.28. The first kappa shape index (κ1) is 13.9. The molecule has 0 aromatic heterocycles. The normalized spacial score (nSPS) is 21.2. The number of aliphatic hydroxyl groups excluding tert-OH is 1. The summed E-state index contributed by atoms with van der Waals surface area (Å²) in [6.45, 7) is 0. The molecule has 2 aromatic rings. The molecular formula is C15H11BrClFO2. The average molecular weight is 358 g/mol. The van der Waals surface area contributed by atoms with E-state index < -0.39 is 18.0 Å². The van der Waals surface area contributed by atoms with Crippen molar-refractivity contribution in [3.63, 3.8) is 0 Å². The van der Waals surface area contributed by atoms with Gasteiger partial charge in [-0.2, -0.15) is 0 Å². The maximum absolute atomic E-state index is 13.4. The molecule has 5 heteroatoms. The van der Waals surface area contributed by atoms with Crippen molar-refractivity contribution in [2.75, 3.05) is 0 Å². The number of fused-ring (bicyclic) bond motifs is 1. The number of aliphatic hydroxyl groups is 1. The van der Waals surface area contributed by atoms with E-state index in [0.29, 0.717) is 22.8 Å². The van der Waals surface area contributed by atoms with Gasteiger partial charge in [-0.15, -0.1) is 0 Å². The van der Waals surface area contributed by atoms with Crippen LogP contribution in [0, 0.1) is 5.82 Å². The lowest BCUT2D eigenvalue weighted by Crippen LogP contribution is -2.19. The molecule has 2 aromatic carbocycles. The van der Waals surface area contributed by atoms with Crippen molar-refractivity contribution >= 4 is 27.5 Å². The lowest BCUT2D eigenvalue weighted by molar-refractivity contribution is 0.0655. The fourth-order valence-corrected chi connectivity index (χ4v) is 2.95. The zero-order valence-electron chi connectivity index (χ0n) is 10.3. The molecule has 1 heterocycles. The molecule has 0 bridgehead atoms. The molecule has 20 heavy (non-hydrogen) atoms. The van der Waals surface area contributed by atoms with Crippen molar-refractivity contribution in [3.8, 4) is 5.75 Å². The third-order valence-corrected chi connectivity index (χ3v) is 4.01. The molecule has 2 unspecified atom stereocenters. The van der Waals surface area contributed by atoms with Crippen molar-refractivity contribution in [1.82, 2.24) is 0 Å². The number of benzene rings is 2. The summed E-state index contributed by atoms with van der Waals surface area (Å²) in [6, 6.07) is 9.75. The molecule has 1 aliphatic rings. The second-order valence-electron chi connectivity index (χ2n) is 4.74. The first-order valence-corrected chi connectivity index (χ1v) is 7.30. The molecule has 2 atom stereocenters. The van der Waals surface area contributed by atoms with Crippen molar-refractivity contribution in [2.24, 2.45) is 0 Å². The number of hydrogen-bond donors (Lipinski definition) is 1. The molecule has 3 rings (SSSR count). The molecule has 0 amide bonds. The molecule has 0 aliphatic carbocycles. The van der Waals surface area contributed by atoms with E-state index in [1.165, 1.54) is 12.1 Å². The van der Waals surface area contributed by atoms with Crippen LogP contribution in [0.25, 0.3) is 0 Å². The SMILES string of the molecule is OC1CC(c2cc(F)cc(Cl)c2)Oc2cc(Br)ccc21. The molecular weight excluding hydrogens is 347 g/mol. The van der Waals surface area contributed by atoms with Gasteiger partial charge in [-0.1, -0.05) is 33.6 Å². The minimum atomic E-state index is -0.640. The molecule has 0 saturated carbocycles. The third kappa shape index (κ3) is 2.68. The first-order chi connectivity index (χ1) is 9.52. The zero-order chi connectivity index (χ0) is 14.3. The Labute approximate surface area is 129 Å². The van der Waals surface area contributed by atoms with Crippen LogP contribution in [-0.4, -0.2) is 5.11 Å². The van der Waals surface area contributed by atoms with Gasteiger partial charge < -0.3 is 9.84 Å². The molecule has 0 fully saturated rings. The monoisotopic (exact) mass is 356 g/mol. The van der Waals surface area contributed by atoms with E-state index in [0.717, 1.165) is 10.0 Å². The number of rotatable bonds is 1. The van der Waals surface area contributed by atoms with Gasteiger partial charge in [0.25, 0.3) is 0 Å². The van der Waals surface area contributed by atoms with Crippen LogP contribution in [0.2, 0.25) is 5.02 Å². The van der Waals surface area contributed by atoms with Gasteiger partial charge in [0.05, 0.1) is 6.10 Å². The van der Waals surface area contributed by atoms with Crippen LogP contribution in [0.1, 0.15) is 29.8 Å². The quantitative estimate of drug-likeness (QED) is 0.794. The zero-order valence-corrected chi connectivity index (χ0v) is 12.7. The summed E-state index contributed by atoms with van der Waals surface area (Å²) >= 11 is 9.23. The molecule has 104 valence electrons. The van der Waals surface area contributed by atoms with Crippen molar-refractivity contribution in [2.45, 2.75) is 18.6 Å². The van der Waals surface area contributed by atoms with E-state index >= 15 is 0 Å². The molecule has 0 radical (unpaired) electrons. The second kappa shape index (κ2) is 5.35. The van der Waals surface area contributed by atoms with Crippen LogP contribution in [0.15, 0.2) is 40.9 Å². The number of ether oxygens (including phenoxy) is 1. The van der Waals surface area contributed by atoms with Crippen LogP contribution >= 0.6 is 27.5 Å². The Morgan fingerprint density at radius 3 is 2.80 bits per heavy atom. The second-order valence-corrected chi connectivity index (χ2v) is 6.10. The fourth-order valence-electron chi connectivity index (χ4n) is 2.38. The maximum atomic E-state index is 13.4. The fraction of sp³-hybridized carbons (Fsp3) is 0.200. The van der Waals surface area contributed by atoms with Gasteiger partial charge in [0.15, 0.2) is 0 Å². The summed E-state index contributed by atoms with van der Waals surface area (Å²) in [7, 11) is 0. The minimum absolute atomic E-state index is 0.318. The molecule has 2 nitrogen and oxygen atoms in total. The van der Waals surface area contributed by atoms with E-state index in [1.807, 2.05) is 12.1 Å². The van der Waals surface area contributed by atoms with E-state index in [2.05, 4.69) is 15.9 Å². The largest absolute Gasteiger partial charge is 0.485 e. The first-order valence-electron chi connectivity index (χ1n) is 6.13. The standard InChI is InChI=1S/C15H11BrClFO2/c16-9-1-2-12-13(19)7-14(20-15(12)5-9)8-3-10(17)6-11(18)4-8/h1-6,13-14,19H,7H2. The number of hydrogen-bond acceptors (Lipinski definition) is 2. The van der Waals surface area contributed by atoms with Gasteiger partial charge in [-0.05, 0) is 35.9 Å².